The molecule has 0 N–H and O–H groups in total. The Labute approximate surface area is 165 Å². The van der Waals surface area contributed by atoms with E-state index in [1.807, 2.05) is 6.07 Å². The first-order valence-corrected chi connectivity index (χ1v) is 9.28. The van der Waals surface area contributed by atoms with E-state index >= 15 is 0 Å². The molecule has 0 spiro atoms. The first kappa shape index (κ1) is 19.4. The van der Waals surface area contributed by atoms with E-state index in [2.05, 4.69) is 19.8 Å². The van der Waals surface area contributed by atoms with Gasteiger partial charge in [-0.05, 0) is 55.2 Å². The fourth-order valence-corrected chi connectivity index (χ4v) is 2.82. The fraction of sp³-hybridized carbons (Fsp3) is 0.350. The highest BCUT2D eigenvalue weighted by molar-refractivity contribution is 5.53. The number of alkyl halides is 3. The van der Waals surface area contributed by atoms with E-state index < -0.39 is 6.36 Å². The van der Waals surface area contributed by atoms with Crippen molar-refractivity contribution in [2.45, 2.75) is 25.6 Å². The van der Waals surface area contributed by atoms with Crippen molar-refractivity contribution in [2.24, 2.45) is 5.92 Å². The standard InChI is InChI=1S/C20H19F3N4O2/c21-20(22,23)29-17-7-5-16(6-8-17)27-18(9-11-28-13-14-3-4-14)25-19(26-27)15-2-1-10-24-12-15/h1-2,5-8,10,12,14H,3-4,9,11,13H2. The lowest BCUT2D eigenvalue weighted by Gasteiger charge is -2.10. The molecule has 0 atom stereocenters. The molecule has 0 unspecified atom stereocenters. The van der Waals surface area contributed by atoms with Crippen molar-refractivity contribution >= 4 is 0 Å². The van der Waals surface area contributed by atoms with E-state index in [9.17, 15) is 13.2 Å². The van der Waals surface area contributed by atoms with Gasteiger partial charge in [-0.3, -0.25) is 4.98 Å². The molecule has 3 aromatic rings. The Morgan fingerprint density at radius 2 is 1.90 bits per heavy atom. The van der Waals surface area contributed by atoms with Crippen LogP contribution in [0.2, 0.25) is 0 Å². The number of benzene rings is 1. The smallest absolute Gasteiger partial charge is 0.406 e. The van der Waals surface area contributed by atoms with Crippen LogP contribution in [-0.2, 0) is 11.2 Å². The molecule has 1 aromatic carbocycles. The zero-order chi connectivity index (χ0) is 20.3. The minimum absolute atomic E-state index is 0.289. The lowest BCUT2D eigenvalue weighted by atomic mass is 10.3. The molecule has 1 aliphatic rings. The van der Waals surface area contributed by atoms with Crippen LogP contribution in [0.4, 0.5) is 13.2 Å². The Hall–Kier alpha value is -2.94. The molecule has 9 heteroatoms. The van der Waals surface area contributed by atoms with Gasteiger partial charge in [0.25, 0.3) is 0 Å². The summed E-state index contributed by atoms with van der Waals surface area (Å²) in [7, 11) is 0. The second-order valence-corrected chi connectivity index (χ2v) is 6.82. The average molecular weight is 404 g/mol. The Morgan fingerprint density at radius 1 is 1.10 bits per heavy atom. The van der Waals surface area contributed by atoms with Crippen molar-refractivity contribution in [2.75, 3.05) is 13.2 Å². The number of hydrogen-bond donors (Lipinski definition) is 0. The SMILES string of the molecule is FC(F)(F)Oc1ccc(-n2nc(-c3cccnc3)nc2CCOCC2CC2)cc1. The predicted molar refractivity (Wildman–Crippen MR) is 98.5 cm³/mol. The molecule has 29 heavy (non-hydrogen) atoms. The van der Waals surface area contributed by atoms with Crippen molar-refractivity contribution in [3.63, 3.8) is 0 Å². The van der Waals surface area contributed by atoms with Crippen LogP contribution in [0.5, 0.6) is 5.75 Å². The minimum Gasteiger partial charge on any atom is -0.406 e. The highest BCUT2D eigenvalue weighted by Gasteiger charge is 2.31. The van der Waals surface area contributed by atoms with E-state index in [1.54, 1.807) is 23.1 Å². The number of rotatable bonds is 8. The van der Waals surface area contributed by atoms with Crippen LogP contribution >= 0.6 is 0 Å². The minimum atomic E-state index is -4.73. The van der Waals surface area contributed by atoms with Crippen LogP contribution in [0.1, 0.15) is 18.7 Å². The van der Waals surface area contributed by atoms with Crippen molar-refractivity contribution in [1.82, 2.24) is 19.7 Å². The van der Waals surface area contributed by atoms with Gasteiger partial charge >= 0.3 is 6.36 Å². The highest BCUT2D eigenvalue weighted by Crippen LogP contribution is 2.29. The molecule has 0 saturated heterocycles. The number of nitrogens with zero attached hydrogens (tertiary/aromatic N) is 4. The number of hydrogen-bond acceptors (Lipinski definition) is 5. The first-order valence-electron chi connectivity index (χ1n) is 9.28. The summed E-state index contributed by atoms with van der Waals surface area (Å²) < 4.78 is 48.4. The molecule has 152 valence electrons. The third-order valence-electron chi connectivity index (χ3n) is 4.43. The van der Waals surface area contributed by atoms with Crippen LogP contribution in [-0.4, -0.2) is 39.3 Å². The number of ether oxygens (including phenoxy) is 2. The normalized spacial score (nSPS) is 14.2. The molecular formula is C20H19F3N4O2. The lowest BCUT2D eigenvalue weighted by Crippen LogP contribution is -2.17. The van der Waals surface area contributed by atoms with Gasteiger partial charge < -0.3 is 9.47 Å². The molecule has 6 nitrogen and oxygen atoms in total. The maximum Gasteiger partial charge on any atom is 0.573 e. The molecule has 0 radical (unpaired) electrons. The highest BCUT2D eigenvalue weighted by atomic mass is 19.4. The summed E-state index contributed by atoms with van der Waals surface area (Å²) in [6.07, 6.45) is 1.55. The van der Waals surface area contributed by atoms with E-state index in [1.165, 1.54) is 37.1 Å². The van der Waals surface area contributed by atoms with Gasteiger partial charge in [-0.25, -0.2) is 9.67 Å². The third-order valence-corrected chi connectivity index (χ3v) is 4.43. The predicted octanol–water partition coefficient (Wildman–Crippen LogP) is 4.20. The van der Waals surface area contributed by atoms with Gasteiger partial charge in [0, 0.05) is 31.0 Å². The molecule has 0 bridgehead atoms. The topological polar surface area (TPSA) is 62.1 Å². The summed E-state index contributed by atoms with van der Waals surface area (Å²) in [5, 5.41) is 4.53. The van der Waals surface area contributed by atoms with Gasteiger partial charge in [0.1, 0.15) is 11.6 Å². The van der Waals surface area contributed by atoms with E-state index in [4.69, 9.17) is 4.74 Å². The Kier molecular flexibility index (Phi) is 5.48. The summed E-state index contributed by atoms with van der Waals surface area (Å²) in [6, 6.07) is 9.16. The van der Waals surface area contributed by atoms with Crippen LogP contribution in [0, 0.1) is 5.92 Å². The summed E-state index contributed by atoms with van der Waals surface area (Å²) >= 11 is 0. The Balaban J connectivity index is 1.56. The third kappa shape index (κ3) is 5.32. The van der Waals surface area contributed by atoms with Crippen LogP contribution in [0.15, 0.2) is 48.8 Å². The second kappa shape index (κ2) is 8.20. The molecule has 0 amide bonds. The number of pyridine rings is 1. The van der Waals surface area contributed by atoms with Gasteiger partial charge in [-0.2, -0.15) is 0 Å². The second-order valence-electron chi connectivity index (χ2n) is 6.82. The number of halogens is 3. The first-order chi connectivity index (χ1) is 14.0. The zero-order valence-corrected chi connectivity index (χ0v) is 15.5. The summed E-state index contributed by atoms with van der Waals surface area (Å²) in [6.45, 7) is 1.24. The van der Waals surface area contributed by atoms with Gasteiger partial charge in [-0.15, -0.1) is 18.3 Å². The average Bonchev–Trinajstić information content (AvgIpc) is 3.43. The van der Waals surface area contributed by atoms with E-state index in [0.717, 1.165) is 12.2 Å². The molecule has 2 heterocycles. The fourth-order valence-electron chi connectivity index (χ4n) is 2.82. The molecular weight excluding hydrogens is 385 g/mol. The van der Waals surface area contributed by atoms with Gasteiger partial charge in [0.2, 0.25) is 0 Å². The van der Waals surface area contributed by atoms with Crippen LogP contribution in [0.25, 0.3) is 17.1 Å². The van der Waals surface area contributed by atoms with Crippen molar-refractivity contribution in [3.05, 3.63) is 54.6 Å². The van der Waals surface area contributed by atoms with Crippen molar-refractivity contribution in [3.8, 4) is 22.8 Å². The van der Waals surface area contributed by atoms with Gasteiger partial charge in [0.15, 0.2) is 5.82 Å². The summed E-state index contributed by atoms with van der Waals surface area (Å²) in [5.74, 6) is 1.53. The van der Waals surface area contributed by atoms with Gasteiger partial charge in [0.05, 0.1) is 12.3 Å². The molecule has 2 aromatic heterocycles. The van der Waals surface area contributed by atoms with Crippen LogP contribution in [0.3, 0.4) is 0 Å². The van der Waals surface area contributed by atoms with Crippen LogP contribution < -0.4 is 4.74 Å². The molecule has 1 fully saturated rings. The maximum absolute atomic E-state index is 12.4. The maximum atomic E-state index is 12.4. The molecule has 4 rings (SSSR count). The molecule has 1 saturated carbocycles. The van der Waals surface area contributed by atoms with E-state index in [0.29, 0.717) is 36.3 Å². The van der Waals surface area contributed by atoms with Gasteiger partial charge in [-0.1, -0.05) is 0 Å². The molecule has 1 aliphatic carbocycles. The number of aromatic nitrogens is 4. The van der Waals surface area contributed by atoms with Crippen molar-refractivity contribution < 1.29 is 22.6 Å². The zero-order valence-electron chi connectivity index (χ0n) is 15.5. The lowest BCUT2D eigenvalue weighted by molar-refractivity contribution is -0.274. The van der Waals surface area contributed by atoms with Crippen molar-refractivity contribution in [1.29, 1.82) is 0 Å². The summed E-state index contributed by atoms with van der Waals surface area (Å²) in [5.41, 5.74) is 1.34. The Morgan fingerprint density at radius 3 is 2.55 bits per heavy atom. The Bertz CT molecular complexity index is 939. The van der Waals surface area contributed by atoms with E-state index in [-0.39, 0.29) is 5.75 Å². The molecule has 0 aliphatic heterocycles. The monoisotopic (exact) mass is 404 g/mol. The quantitative estimate of drug-likeness (QED) is 0.527. The summed E-state index contributed by atoms with van der Waals surface area (Å²) in [4.78, 5) is 8.67. The largest absolute Gasteiger partial charge is 0.573 e.